The average Bonchev–Trinajstić information content (AvgIpc) is 3.03. The van der Waals surface area contributed by atoms with Crippen molar-refractivity contribution in [1.82, 2.24) is 15.2 Å². The number of nitrogens with one attached hydrogen (secondary N) is 1. The maximum absolute atomic E-state index is 4.50. The van der Waals surface area contributed by atoms with Crippen LogP contribution in [0.25, 0.3) is 11.1 Å². The summed E-state index contributed by atoms with van der Waals surface area (Å²) in [6.45, 7) is 2.23. The molecular weight excluding hydrogens is 200 g/mol. The average molecular weight is 214 g/mol. The van der Waals surface area contributed by atoms with Crippen molar-refractivity contribution in [2.75, 3.05) is 18.0 Å². The van der Waals surface area contributed by atoms with Crippen LogP contribution in [0.4, 0.5) is 5.82 Å². The van der Waals surface area contributed by atoms with Crippen LogP contribution >= 0.6 is 0 Å². The molecule has 4 nitrogen and oxygen atoms in total. The third-order valence-electron chi connectivity index (χ3n) is 3.00. The number of rotatable bonds is 2. The molecule has 82 valence electrons. The van der Waals surface area contributed by atoms with E-state index >= 15 is 0 Å². The van der Waals surface area contributed by atoms with Crippen LogP contribution in [0.15, 0.2) is 30.7 Å². The summed E-state index contributed by atoms with van der Waals surface area (Å²) >= 11 is 0. The van der Waals surface area contributed by atoms with Crippen molar-refractivity contribution in [3.05, 3.63) is 30.7 Å². The van der Waals surface area contributed by atoms with Crippen molar-refractivity contribution in [2.24, 2.45) is 0 Å². The molecule has 16 heavy (non-hydrogen) atoms. The van der Waals surface area contributed by atoms with Crippen LogP contribution in [0.3, 0.4) is 0 Å². The lowest BCUT2D eigenvalue weighted by molar-refractivity contribution is 0.939. The lowest BCUT2D eigenvalue weighted by Gasteiger charge is -2.19. The van der Waals surface area contributed by atoms with Crippen LogP contribution < -0.4 is 4.90 Å². The number of nitrogens with zero attached hydrogens (tertiary/aromatic N) is 3. The highest BCUT2D eigenvalue weighted by Gasteiger charge is 2.17. The zero-order valence-corrected chi connectivity index (χ0v) is 9.06. The fraction of sp³-hybridized carbons (Fsp3) is 0.333. The van der Waals surface area contributed by atoms with Gasteiger partial charge in [-0.05, 0) is 25.0 Å². The molecule has 0 radical (unpaired) electrons. The minimum atomic E-state index is 1.08. The Balaban J connectivity index is 2.04. The van der Waals surface area contributed by atoms with Crippen molar-refractivity contribution < 1.29 is 0 Å². The van der Waals surface area contributed by atoms with Gasteiger partial charge < -0.3 is 4.90 Å². The number of hydrogen-bond acceptors (Lipinski definition) is 3. The number of aromatic amines is 1. The molecule has 0 saturated carbocycles. The topological polar surface area (TPSA) is 44.8 Å². The number of pyridine rings is 1. The number of hydrogen-bond donors (Lipinski definition) is 1. The number of H-pyrrole nitrogens is 1. The van der Waals surface area contributed by atoms with Crippen molar-refractivity contribution in [1.29, 1.82) is 0 Å². The van der Waals surface area contributed by atoms with Gasteiger partial charge in [0.15, 0.2) is 0 Å². The van der Waals surface area contributed by atoms with Gasteiger partial charge in [0.25, 0.3) is 0 Å². The first-order valence-corrected chi connectivity index (χ1v) is 5.64. The molecule has 0 aromatic carbocycles. The van der Waals surface area contributed by atoms with Crippen molar-refractivity contribution in [3.8, 4) is 11.1 Å². The molecule has 0 atom stereocenters. The normalized spacial score (nSPS) is 15.6. The Morgan fingerprint density at radius 2 is 2.12 bits per heavy atom. The third-order valence-corrected chi connectivity index (χ3v) is 3.00. The largest absolute Gasteiger partial charge is 0.356 e. The minimum Gasteiger partial charge on any atom is -0.356 e. The molecule has 2 aromatic rings. The molecule has 1 aliphatic heterocycles. The van der Waals surface area contributed by atoms with Crippen molar-refractivity contribution in [3.63, 3.8) is 0 Å². The first kappa shape index (κ1) is 9.39. The highest BCUT2D eigenvalue weighted by Crippen LogP contribution is 2.29. The molecule has 0 unspecified atom stereocenters. The highest BCUT2D eigenvalue weighted by atomic mass is 15.2. The smallest absolute Gasteiger partial charge is 0.136 e. The summed E-state index contributed by atoms with van der Waals surface area (Å²) < 4.78 is 0. The van der Waals surface area contributed by atoms with E-state index in [4.69, 9.17) is 0 Å². The standard InChI is InChI=1S/C12H14N4/c1-2-7-16(6-1)12-11(4-3-5-13-12)10-8-14-15-9-10/h3-5,8-9H,1-2,6-7H2,(H,14,15). The van der Waals surface area contributed by atoms with Gasteiger partial charge in [-0.3, -0.25) is 5.10 Å². The first-order chi connectivity index (χ1) is 7.95. The molecule has 1 saturated heterocycles. The molecular formula is C12H14N4. The van der Waals surface area contributed by atoms with Gasteiger partial charge in [-0.1, -0.05) is 0 Å². The lowest BCUT2D eigenvalue weighted by atomic mass is 10.1. The SMILES string of the molecule is c1cnc(N2CCCC2)c(-c2cn[nH]c2)c1. The van der Waals surface area contributed by atoms with Gasteiger partial charge in [0.05, 0.1) is 6.20 Å². The Kier molecular flexibility index (Phi) is 2.33. The number of anilines is 1. The van der Waals surface area contributed by atoms with Gasteiger partial charge in [0.2, 0.25) is 0 Å². The van der Waals surface area contributed by atoms with E-state index in [1.165, 1.54) is 12.8 Å². The molecule has 0 bridgehead atoms. The third kappa shape index (κ3) is 1.56. The summed E-state index contributed by atoms with van der Waals surface area (Å²) in [5, 5.41) is 6.84. The van der Waals surface area contributed by atoms with Crippen LogP contribution in [0.2, 0.25) is 0 Å². The molecule has 0 aliphatic carbocycles. The zero-order chi connectivity index (χ0) is 10.8. The van der Waals surface area contributed by atoms with Gasteiger partial charge >= 0.3 is 0 Å². The second kappa shape index (κ2) is 3.96. The summed E-state index contributed by atoms with van der Waals surface area (Å²) in [6.07, 6.45) is 8.15. The summed E-state index contributed by atoms with van der Waals surface area (Å²) in [5.74, 6) is 1.08. The Morgan fingerprint density at radius 3 is 2.88 bits per heavy atom. The van der Waals surface area contributed by atoms with E-state index < -0.39 is 0 Å². The number of aromatic nitrogens is 3. The van der Waals surface area contributed by atoms with Crippen LogP contribution in [-0.4, -0.2) is 28.3 Å². The van der Waals surface area contributed by atoms with Gasteiger partial charge in [-0.15, -0.1) is 0 Å². The maximum Gasteiger partial charge on any atom is 0.136 e. The Morgan fingerprint density at radius 1 is 1.25 bits per heavy atom. The van der Waals surface area contributed by atoms with E-state index in [0.717, 1.165) is 30.0 Å². The van der Waals surface area contributed by atoms with E-state index in [1.807, 2.05) is 24.7 Å². The van der Waals surface area contributed by atoms with Crippen LogP contribution in [0.5, 0.6) is 0 Å². The van der Waals surface area contributed by atoms with E-state index in [2.05, 4.69) is 26.1 Å². The van der Waals surface area contributed by atoms with Gasteiger partial charge in [0.1, 0.15) is 5.82 Å². The second-order valence-corrected chi connectivity index (χ2v) is 4.06. The molecule has 1 fully saturated rings. The van der Waals surface area contributed by atoms with Gasteiger partial charge in [0, 0.05) is 36.6 Å². The molecule has 1 aliphatic rings. The fourth-order valence-electron chi connectivity index (χ4n) is 2.20. The van der Waals surface area contributed by atoms with Crippen LogP contribution in [0.1, 0.15) is 12.8 Å². The maximum atomic E-state index is 4.50. The summed E-state index contributed by atoms with van der Waals surface area (Å²) in [4.78, 5) is 6.85. The second-order valence-electron chi connectivity index (χ2n) is 4.06. The van der Waals surface area contributed by atoms with Gasteiger partial charge in [-0.25, -0.2) is 4.98 Å². The monoisotopic (exact) mass is 214 g/mol. The lowest BCUT2D eigenvalue weighted by Crippen LogP contribution is -2.19. The van der Waals surface area contributed by atoms with Crippen LogP contribution in [0, 0.1) is 0 Å². The Hall–Kier alpha value is -1.84. The molecule has 0 spiro atoms. The molecule has 0 amide bonds. The molecule has 2 aromatic heterocycles. The van der Waals surface area contributed by atoms with Gasteiger partial charge in [-0.2, -0.15) is 5.10 Å². The fourth-order valence-corrected chi connectivity index (χ4v) is 2.20. The summed E-state index contributed by atoms with van der Waals surface area (Å²) in [7, 11) is 0. The quantitative estimate of drug-likeness (QED) is 0.832. The molecule has 3 heterocycles. The Bertz CT molecular complexity index is 458. The van der Waals surface area contributed by atoms with E-state index in [-0.39, 0.29) is 0 Å². The summed E-state index contributed by atoms with van der Waals surface area (Å²) in [6, 6.07) is 4.08. The summed E-state index contributed by atoms with van der Waals surface area (Å²) in [5.41, 5.74) is 2.27. The van der Waals surface area contributed by atoms with E-state index in [9.17, 15) is 0 Å². The van der Waals surface area contributed by atoms with Crippen molar-refractivity contribution in [2.45, 2.75) is 12.8 Å². The van der Waals surface area contributed by atoms with Crippen LogP contribution in [-0.2, 0) is 0 Å². The minimum absolute atomic E-state index is 1.08. The van der Waals surface area contributed by atoms with E-state index in [0.29, 0.717) is 0 Å². The van der Waals surface area contributed by atoms with Crippen molar-refractivity contribution >= 4 is 5.82 Å². The first-order valence-electron chi connectivity index (χ1n) is 5.64. The van der Waals surface area contributed by atoms with E-state index in [1.54, 1.807) is 0 Å². The molecule has 1 N–H and O–H groups in total. The zero-order valence-electron chi connectivity index (χ0n) is 9.06. The predicted octanol–water partition coefficient (Wildman–Crippen LogP) is 2.07. The predicted molar refractivity (Wildman–Crippen MR) is 63.3 cm³/mol. The molecule has 4 heteroatoms. The highest BCUT2D eigenvalue weighted by molar-refractivity contribution is 5.74. The Labute approximate surface area is 94.3 Å². The molecule has 3 rings (SSSR count).